The van der Waals surface area contributed by atoms with Gasteiger partial charge in [-0.25, -0.2) is 4.79 Å². The molecule has 0 bridgehead atoms. The maximum Gasteiger partial charge on any atom is 0.331 e. The molecule has 208 valence electrons. The lowest BCUT2D eigenvalue weighted by molar-refractivity contribution is -0.199. The number of hydrogen-bond donors (Lipinski definition) is 2. The van der Waals surface area contributed by atoms with Crippen molar-refractivity contribution in [1.29, 1.82) is 0 Å². The highest BCUT2D eigenvalue weighted by atomic mass is 16.5. The van der Waals surface area contributed by atoms with Crippen molar-refractivity contribution >= 4 is 23.5 Å². The number of ketones is 2. The second-order valence-electron chi connectivity index (χ2n) is 12.9. The predicted molar refractivity (Wildman–Crippen MR) is 142 cm³/mol. The predicted octanol–water partition coefficient (Wildman–Crippen LogP) is 4.83. The number of hydrogen-bond acceptors (Lipinski definition) is 6. The standard InChI is InChI=1S/C31H42O7/c1-16(2)9-8-10-19(28(36)37)24-20-11-12-23-29(5)14-13-21(33)17(3)25(29)26(34)27(35)31(23,7)30(20,6)15-22(24)38-18(4)32/h9,13-14,17,20,22-23,25-26,34H,8,10-12,15H2,1-7H3,(H,36,37)/b24-19-/t17-,20+,22+,23-,25-,26+,29-,30+,31-/m1/s1. The lowest BCUT2D eigenvalue weighted by Crippen LogP contribution is -2.69. The molecule has 0 aliphatic heterocycles. The third-order valence-corrected chi connectivity index (χ3v) is 10.8. The smallest absolute Gasteiger partial charge is 0.331 e. The minimum absolute atomic E-state index is 0.0775. The fourth-order valence-electron chi connectivity index (χ4n) is 8.92. The van der Waals surface area contributed by atoms with Crippen LogP contribution >= 0.6 is 0 Å². The molecule has 4 aliphatic carbocycles. The van der Waals surface area contributed by atoms with Crippen molar-refractivity contribution in [3.63, 3.8) is 0 Å². The van der Waals surface area contributed by atoms with Gasteiger partial charge in [0.05, 0.1) is 0 Å². The van der Waals surface area contributed by atoms with Gasteiger partial charge in [0.2, 0.25) is 0 Å². The lowest BCUT2D eigenvalue weighted by Gasteiger charge is -2.65. The van der Waals surface area contributed by atoms with E-state index in [2.05, 4.69) is 6.92 Å². The zero-order valence-electron chi connectivity index (χ0n) is 23.7. The molecule has 0 radical (unpaired) electrons. The molecule has 0 aromatic heterocycles. The summed E-state index contributed by atoms with van der Waals surface area (Å²) in [5.41, 5.74) is -0.352. The van der Waals surface area contributed by atoms with E-state index in [1.165, 1.54) is 6.92 Å². The van der Waals surface area contributed by atoms with Crippen LogP contribution in [0.2, 0.25) is 0 Å². The van der Waals surface area contributed by atoms with Gasteiger partial charge in [-0.15, -0.1) is 0 Å². The fraction of sp³-hybridized carbons (Fsp3) is 0.677. The number of aliphatic hydroxyl groups is 1. The molecule has 3 saturated carbocycles. The summed E-state index contributed by atoms with van der Waals surface area (Å²) >= 11 is 0. The van der Waals surface area contributed by atoms with Crippen LogP contribution in [-0.4, -0.2) is 45.9 Å². The average molecular weight is 527 g/mol. The molecule has 9 atom stereocenters. The van der Waals surface area contributed by atoms with Gasteiger partial charge in [-0.3, -0.25) is 14.4 Å². The lowest BCUT2D eigenvalue weighted by atomic mass is 9.37. The second-order valence-corrected chi connectivity index (χ2v) is 12.9. The van der Waals surface area contributed by atoms with E-state index in [1.807, 2.05) is 39.8 Å². The van der Waals surface area contributed by atoms with Crippen molar-refractivity contribution in [3.8, 4) is 0 Å². The molecule has 0 unspecified atom stereocenters. The Morgan fingerprint density at radius 3 is 2.37 bits per heavy atom. The summed E-state index contributed by atoms with van der Waals surface area (Å²) in [5.74, 6) is -3.29. The van der Waals surface area contributed by atoms with Crippen molar-refractivity contribution in [1.82, 2.24) is 0 Å². The van der Waals surface area contributed by atoms with E-state index >= 15 is 0 Å². The minimum Gasteiger partial charge on any atom is -0.478 e. The Labute approximate surface area is 225 Å². The number of carbonyl (C=O) groups excluding carboxylic acids is 3. The van der Waals surface area contributed by atoms with E-state index in [0.717, 1.165) is 5.57 Å². The molecule has 7 heteroatoms. The first kappa shape index (κ1) is 28.5. The van der Waals surface area contributed by atoms with Gasteiger partial charge in [-0.05, 0) is 80.3 Å². The molecule has 0 heterocycles. The normalized spacial score (nSPS) is 43.1. The number of Topliss-reactive ketones (excluding diaryl/α,β-unsaturated/α-hetero) is 1. The van der Waals surface area contributed by atoms with Gasteiger partial charge in [0, 0.05) is 29.7 Å². The molecule has 0 aromatic carbocycles. The first-order valence-electron chi connectivity index (χ1n) is 13.8. The van der Waals surface area contributed by atoms with Crippen molar-refractivity contribution in [2.45, 2.75) is 92.8 Å². The molecular formula is C31H42O7. The molecule has 4 aliphatic rings. The summed E-state index contributed by atoms with van der Waals surface area (Å²) in [7, 11) is 0. The molecule has 0 saturated heterocycles. The van der Waals surface area contributed by atoms with Crippen LogP contribution in [0.25, 0.3) is 0 Å². The maximum absolute atomic E-state index is 14.2. The van der Waals surface area contributed by atoms with Gasteiger partial charge in [-0.2, -0.15) is 0 Å². The summed E-state index contributed by atoms with van der Waals surface area (Å²) in [6.45, 7) is 13.0. The Kier molecular flexibility index (Phi) is 7.18. The molecule has 7 nitrogen and oxygen atoms in total. The number of aliphatic carboxylic acids is 1. The molecule has 4 rings (SSSR count). The number of allylic oxidation sites excluding steroid dienone is 4. The summed E-state index contributed by atoms with van der Waals surface area (Å²) < 4.78 is 5.78. The Bertz CT molecular complexity index is 1160. The number of carboxylic acids is 1. The summed E-state index contributed by atoms with van der Waals surface area (Å²) in [6, 6.07) is 0. The molecule has 2 N–H and O–H groups in total. The van der Waals surface area contributed by atoms with Crippen LogP contribution in [0.15, 0.2) is 34.9 Å². The first-order valence-corrected chi connectivity index (χ1v) is 13.8. The maximum atomic E-state index is 14.2. The van der Waals surface area contributed by atoms with Gasteiger partial charge in [-0.1, -0.05) is 45.4 Å². The number of ether oxygens (including phenoxy) is 1. The number of fused-ring (bicyclic) bond motifs is 5. The highest BCUT2D eigenvalue weighted by molar-refractivity contribution is 5.97. The largest absolute Gasteiger partial charge is 0.478 e. The fourth-order valence-corrected chi connectivity index (χ4v) is 8.92. The quantitative estimate of drug-likeness (QED) is 0.299. The van der Waals surface area contributed by atoms with Crippen LogP contribution < -0.4 is 0 Å². The molecular weight excluding hydrogens is 484 g/mol. The van der Waals surface area contributed by atoms with Gasteiger partial charge in [0.15, 0.2) is 11.6 Å². The van der Waals surface area contributed by atoms with Crippen LogP contribution in [0.5, 0.6) is 0 Å². The van der Waals surface area contributed by atoms with Gasteiger partial charge < -0.3 is 14.9 Å². The van der Waals surface area contributed by atoms with Gasteiger partial charge in [0.25, 0.3) is 0 Å². The Balaban J connectivity index is 1.89. The second kappa shape index (κ2) is 9.58. The van der Waals surface area contributed by atoms with Crippen molar-refractivity contribution in [2.75, 3.05) is 0 Å². The van der Waals surface area contributed by atoms with Crippen molar-refractivity contribution in [2.24, 2.45) is 39.9 Å². The monoisotopic (exact) mass is 526 g/mol. The van der Waals surface area contributed by atoms with Crippen LogP contribution in [0.4, 0.5) is 0 Å². The highest BCUT2D eigenvalue weighted by Gasteiger charge is 2.73. The Morgan fingerprint density at radius 2 is 1.79 bits per heavy atom. The molecule has 0 amide bonds. The zero-order chi connectivity index (χ0) is 28.4. The van der Waals surface area contributed by atoms with E-state index in [4.69, 9.17) is 4.74 Å². The SMILES string of the molecule is CC(=O)O[C@H]1C[C@@]2(C)[C@@H](CC[C@@H]3[C@@]4(C)C=CC(=O)[C@@H](C)[C@@H]4[C@H](O)C(=O)[C@@]32C)/C1=C(\CCC=C(C)C)C(=O)O. The van der Waals surface area contributed by atoms with Gasteiger partial charge >= 0.3 is 11.9 Å². The highest BCUT2D eigenvalue weighted by Crippen LogP contribution is 2.72. The number of aliphatic hydroxyl groups excluding tert-OH is 1. The van der Waals surface area contributed by atoms with E-state index in [0.29, 0.717) is 37.7 Å². The number of carboxylic acid groups (broad SMARTS) is 1. The molecule has 38 heavy (non-hydrogen) atoms. The third-order valence-electron chi connectivity index (χ3n) is 10.8. The number of carbonyl (C=O) groups is 4. The topological polar surface area (TPSA) is 118 Å². The molecule has 0 aromatic rings. The van der Waals surface area contributed by atoms with Gasteiger partial charge in [0.1, 0.15) is 12.2 Å². The Morgan fingerprint density at radius 1 is 1.13 bits per heavy atom. The van der Waals surface area contributed by atoms with E-state index in [9.17, 15) is 29.4 Å². The van der Waals surface area contributed by atoms with Crippen molar-refractivity contribution < 1.29 is 34.1 Å². The summed E-state index contributed by atoms with van der Waals surface area (Å²) in [6.07, 6.45) is 5.91. The number of esters is 1. The van der Waals surface area contributed by atoms with E-state index in [1.54, 1.807) is 13.0 Å². The summed E-state index contributed by atoms with van der Waals surface area (Å²) in [4.78, 5) is 51.6. The van der Waals surface area contributed by atoms with Crippen LogP contribution in [0.3, 0.4) is 0 Å². The zero-order valence-corrected chi connectivity index (χ0v) is 23.7. The minimum atomic E-state index is -1.31. The first-order chi connectivity index (χ1) is 17.6. The number of rotatable bonds is 5. The third kappa shape index (κ3) is 3.95. The molecule has 3 fully saturated rings. The van der Waals surface area contributed by atoms with Crippen LogP contribution in [0.1, 0.15) is 80.6 Å². The van der Waals surface area contributed by atoms with Crippen LogP contribution in [-0.2, 0) is 23.9 Å². The van der Waals surface area contributed by atoms with Crippen LogP contribution in [0, 0.1) is 39.9 Å². The molecule has 0 spiro atoms. The Hall–Kier alpha value is -2.54. The van der Waals surface area contributed by atoms with E-state index in [-0.39, 0.29) is 29.0 Å². The van der Waals surface area contributed by atoms with Crippen molar-refractivity contribution in [3.05, 3.63) is 34.9 Å². The van der Waals surface area contributed by atoms with E-state index < -0.39 is 52.2 Å². The summed E-state index contributed by atoms with van der Waals surface area (Å²) in [5, 5.41) is 21.8. The average Bonchev–Trinajstić information content (AvgIpc) is 3.09.